The molecule has 154 valence electrons. The van der Waals surface area contributed by atoms with Crippen molar-refractivity contribution in [3.8, 4) is 5.75 Å². The van der Waals surface area contributed by atoms with E-state index >= 15 is 0 Å². The zero-order valence-electron chi connectivity index (χ0n) is 16.9. The van der Waals surface area contributed by atoms with Crippen LogP contribution >= 0.6 is 0 Å². The first-order valence-electron chi connectivity index (χ1n) is 9.44. The van der Waals surface area contributed by atoms with E-state index in [9.17, 15) is 18.4 Å². The summed E-state index contributed by atoms with van der Waals surface area (Å²) in [5.74, 6) is -2.16. The standard InChI is InChI=1S/C22H24F2N2O3/c1-13(2)11-26-17-9-8-14(10-18(17)29-12-22(3,4)21(26)28)25-20(27)19-15(23)6-5-7-16(19)24/h5-10,13H,11-12H2,1-4H3,(H,25,27). The Morgan fingerprint density at radius 2 is 1.86 bits per heavy atom. The summed E-state index contributed by atoms with van der Waals surface area (Å²) in [6, 6.07) is 8.06. The molecule has 0 fully saturated rings. The zero-order chi connectivity index (χ0) is 21.3. The molecule has 7 heteroatoms. The molecule has 0 unspecified atom stereocenters. The van der Waals surface area contributed by atoms with Gasteiger partial charge in [0.05, 0.1) is 11.1 Å². The summed E-state index contributed by atoms with van der Waals surface area (Å²) in [7, 11) is 0. The van der Waals surface area contributed by atoms with Gasteiger partial charge in [0.25, 0.3) is 5.91 Å². The summed E-state index contributed by atoms with van der Waals surface area (Å²) >= 11 is 0. The Kier molecular flexibility index (Phi) is 5.59. The molecule has 2 amide bonds. The number of ether oxygens (including phenoxy) is 1. The Balaban J connectivity index is 1.93. The van der Waals surface area contributed by atoms with Crippen LogP contribution < -0.4 is 15.0 Å². The highest BCUT2D eigenvalue weighted by Crippen LogP contribution is 2.38. The van der Waals surface area contributed by atoms with Gasteiger partial charge in [0.2, 0.25) is 5.91 Å². The molecule has 0 atom stereocenters. The molecule has 1 N–H and O–H groups in total. The molecule has 0 saturated heterocycles. The predicted octanol–water partition coefficient (Wildman–Crippen LogP) is 4.62. The average molecular weight is 402 g/mol. The number of rotatable bonds is 4. The van der Waals surface area contributed by atoms with Gasteiger partial charge in [-0.3, -0.25) is 9.59 Å². The van der Waals surface area contributed by atoms with E-state index < -0.39 is 28.5 Å². The van der Waals surface area contributed by atoms with E-state index in [2.05, 4.69) is 5.32 Å². The number of anilines is 2. The van der Waals surface area contributed by atoms with Crippen molar-refractivity contribution in [1.82, 2.24) is 0 Å². The second kappa shape index (κ2) is 7.81. The quantitative estimate of drug-likeness (QED) is 0.812. The molecular weight excluding hydrogens is 378 g/mol. The molecule has 2 aromatic rings. The van der Waals surface area contributed by atoms with E-state index in [4.69, 9.17) is 4.74 Å². The molecular formula is C22H24F2N2O3. The summed E-state index contributed by atoms with van der Waals surface area (Å²) in [4.78, 5) is 27.0. The lowest BCUT2D eigenvalue weighted by Crippen LogP contribution is -2.43. The molecule has 1 aliphatic rings. The predicted molar refractivity (Wildman–Crippen MR) is 107 cm³/mol. The summed E-state index contributed by atoms with van der Waals surface area (Å²) in [5.41, 5.74) is -0.452. The molecule has 29 heavy (non-hydrogen) atoms. The molecule has 0 saturated carbocycles. The van der Waals surface area contributed by atoms with Crippen LogP contribution in [-0.2, 0) is 4.79 Å². The molecule has 1 heterocycles. The van der Waals surface area contributed by atoms with Crippen molar-refractivity contribution in [2.75, 3.05) is 23.4 Å². The lowest BCUT2D eigenvalue weighted by atomic mass is 9.92. The minimum atomic E-state index is -0.941. The molecule has 0 aliphatic carbocycles. The first-order valence-corrected chi connectivity index (χ1v) is 9.44. The van der Waals surface area contributed by atoms with E-state index in [0.717, 1.165) is 12.1 Å². The SMILES string of the molecule is CC(C)CN1C(=O)C(C)(C)COc2cc(NC(=O)c3c(F)cccc3F)ccc21. The van der Waals surface area contributed by atoms with Crippen LogP contribution in [0, 0.1) is 23.0 Å². The third-order valence-electron chi connectivity index (χ3n) is 4.66. The van der Waals surface area contributed by atoms with Gasteiger partial charge >= 0.3 is 0 Å². The smallest absolute Gasteiger partial charge is 0.261 e. The normalized spacial score (nSPS) is 15.6. The number of carbonyl (C=O) groups excluding carboxylic acids is 2. The Bertz CT molecular complexity index is 937. The Hall–Kier alpha value is -2.96. The fourth-order valence-corrected chi connectivity index (χ4v) is 3.18. The second-order valence-electron chi connectivity index (χ2n) is 8.22. The van der Waals surface area contributed by atoms with Crippen LogP contribution in [0.1, 0.15) is 38.1 Å². The maximum absolute atomic E-state index is 13.9. The monoisotopic (exact) mass is 402 g/mol. The average Bonchev–Trinajstić information content (AvgIpc) is 2.72. The summed E-state index contributed by atoms with van der Waals surface area (Å²) in [6.07, 6.45) is 0. The summed E-state index contributed by atoms with van der Waals surface area (Å²) in [6.45, 7) is 8.36. The fourth-order valence-electron chi connectivity index (χ4n) is 3.18. The first-order chi connectivity index (χ1) is 13.6. The van der Waals surface area contributed by atoms with Crippen LogP contribution in [0.5, 0.6) is 5.75 Å². The Morgan fingerprint density at radius 3 is 2.48 bits per heavy atom. The first kappa shape index (κ1) is 20.8. The number of benzene rings is 2. The minimum Gasteiger partial charge on any atom is -0.490 e. The van der Waals surface area contributed by atoms with Gasteiger partial charge in [-0.15, -0.1) is 0 Å². The second-order valence-corrected chi connectivity index (χ2v) is 8.22. The maximum atomic E-state index is 13.9. The number of nitrogens with zero attached hydrogens (tertiary/aromatic N) is 1. The number of hydrogen-bond acceptors (Lipinski definition) is 3. The number of carbonyl (C=O) groups is 2. The van der Waals surface area contributed by atoms with Crippen molar-refractivity contribution < 1.29 is 23.1 Å². The molecule has 0 bridgehead atoms. The van der Waals surface area contributed by atoms with Crippen molar-refractivity contribution in [2.24, 2.45) is 11.3 Å². The Labute approximate surface area is 168 Å². The van der Waals surface area contributed by atoms with Gasteiger partial charge < -0.3 is 15.0 Å². The van der Waals surface area contributed by atoms with Crippen LogP contribution in [0.4, 0.5) is 20.2 Å². The molecule has 0 aromatic heterocycles. The van der Waals surface area contributed by atoms with Crippen LogP contribution in [0.3, 0.4) is 0 Å². The molecule has 0 radical (unpaired) electrons. The topological polar surface area (TPSA) is 58.6 Å². The van der Waals surface area contributed by atoms with Crippen molar-refractivity contribution >= 4 is 23.2 Å². The minimum absolute atomic E-state index is 0.0461. The zero-order valence-corrected chi connectivity index (χ0v) is 16.9. The van der Waals surface area contributed by atoms with Gasteiger partial charge in [0, 0.05) is 18.3 Å². The number of halogens is 2. The van der Waals surface area contributed by atoms with Crippen molar-refractivity contribution in [1.29, 1.82) is 0 Å². The van der Waals surface area contributed by atoms with E-state index in [0.29, 0.717) is 23.7 Å². The molecule has 0 spiro atoms. The van der Waals surface area contributed by atoms with Crippen LogP contribution in [0.2, 0.25) is 0 Å². The largest absolute Gasteiger partial charge is 0.490 e. The van der Waals surface area contributed by atoms with Gasteiger partial charge in [-0.2, -0.15) is 0 Å². The molecule has 5 nitrogen and oxygen atoms in total. The van der Waals surface area contributed by atoms with Crippen LogP contribution in [-0.4, -0.2) is 25.0 Å². The van der Waals surface area contributed by atoms with E-state index in [1.54, 1.807) is 23.1 Å². The summed E-state index contributed by atoms with van der Waals surface area (Å²) < 4.78 is 33.6. The number of nitrogens with one attached hydrogen (secondary N) is 1. The van der Waals surface area contributed by atoms with E-state index in [-0.39, 0.29) is 18.4 Å². The summed E-state index contributed by atoms with van der Waals surface area (Å²) in [5, 5.41) is 2.50. The van der Waals surface area contributed by atoms with Gasteiger partial charge in [-0.05, 0) is 44.0 Å². The van der Waals surface area contributed by atoms with Crippen molar-refractivity contribution in [3.05, 3.63) is 53.6 Å². The lowest BCUT2D eigenvalue weighted by Gasteiger charge is -2.29. The van der Waals surface area contributed by atoms with Gasteiger partial charge in [-0.1, -0.05) is 19.9 Å². The fraction of sp³-hybridized carbons (Fsp3) is 0.364. The highest BCUT2D eigenvalue weighted by atomic mass is 19.1. The maximum Gasteiger partial charge on any atom is 0.261 e. The molecule has 2 aromatic carbocycles. The van der Waals surface area contributed by atoms with Crippen molar-refractivity contribution in [2.45, 2.75) is 27.7 Å². The highest BCUT2D eigenvalue weighted by molar-refractivity contribution is 6.05. The van der Waals surface area contributed by atoms with E-state index in [1.807, 2.05) is 27.7 Å². The van der Waals surface area contributed by atoms with Crippen molar-refractivity contribution in [3.63, 3.8) is 0 Å². The molecule has 1 aliphatic heterocycles. The van der Waals surface area contributed by atoms with E-state index in [1.165, 1.54) is 6.07 Å². The van der Waals surface area contributed by atoms with Crippen LogP contribution in [0.15, 0.2) is 36.4 Å². The Morgan fingerprint density at radius 1 is 1.21 bits per heavy atom. The number of amides is 2. The van der Waals surface area contributed by atoms with Gasteiger partial charge in [-0.25, -0.2) is 8.78 Å². The van der Waals surface area contributed by atoms with Crippen LogP contribution in [0.25, 0.3) is 0 Å². The van der Waals surface area contributed by atoms with Gasteiger partial charge in [0.15, 0.2) is 0 Å². The third kappa shape index (κ3) is 4.23. The number of hydrogen-bond donors (Lipinski definition) is 1. The third-order valence-corrected chi connectivity index (χ3v) is 4.66. The highest BCUT2D eigenvalue weighted by Gasteiger charge is 2.38. The lowest BCUT2D eigenvalue weighted by molar-refractivity contribution is -0.127. The molecule has 3 rings (SSSR count). The van der Waals surface area contributed by atoms with Gasteiger partial charge in [0.1, 0.15) is 29.6 Å². The number of fused-ring (bicyclic) bond motifs is 1.